The normalized spacial score (nSPS) is 11.4. The molecule has 82 valence electrons. The Morgan fingerprint density at radius 1 is 1.33 bits per heavy atom. The maximum Gasteiger partial charge on any atom is 0.273 e. The quantitative estimate of drug-likeness (QED) is 0.457. The first-order valence-electron chi connectivity index (χ1n) is 3.94. The fourth-order valence-electron chi connectivity index (χ4n) is 1.39. The summed E-state index contributed by atoms with van der Waals surface area (Å²) in [6, 6.07) is 2.62. The number of benzene rings is 1. The van der Waals surface area contributed by atoms with Crippen molar-refractivity contribution in [3.8, 4) is 0 Å². The average Bonchev–Trinajstić information content (AvgIpc) is 2.00. The van der Waals surface area contributed by atoms with E-state index in [1.807, 2.05) is 0 Å². The first-order chi connectivity index (χ1) is 6.75. The predicted octanol–water partition coefficient (Wildman–Crippen LogP) is 2.14. The highest BCUT2D eigenvalue weighted by atomic mass is 35.7. The van der Waals surface area contributed by atoms with Gasteiger partial charge in [0.1, 0.15) is 0 Å². The van der Waals surface area contributed by atoms with Crippen molar-refractivity contribution < 1.29 is 13.3 Å². The van der Waals surface area contributed by atoms with Crippen LogP contribution < -0.4 is 0 Å². The topological polar surface area (TPSA) is 77.3 Å². The summed E-state index contributed by atoms with van der Waals surface area (Å²) >= 11 is 0. The second-order valence-electron chi connectivity index (χ2n) is 3.05. The van der Waals surface area contributed by atoms with Crippen molar-refractivity contribution >= 4 is 25.4 Å². The van der Waals surface area contributed by atoms with Gasteiger partial charge in [-0.15, -0.1) is 0 Å². The van der Waals surface area contributed by atoms with Gasteiger partial charge in [-0.25, -0.2) is 8.42 Å². The van der Waals surface area contributed by atoms with Crippen LogP contribution in [0, 0.1) is 24.0 Å². The van der Waals surface area contributed by atoms with E-state index in [0.717, 1.165) is 0 Å². The molecule has 5 nitrogen and oxygen atoms in total. The lowest BCUT2D eigenvalue weighted by atomic mass is 10.1. The molecule has 0 aromatic heterocycles. The van der Waals surface area contributed by atoms with Gasteiger partial charge in [-0.1, -0.05) is 6.07 Å². The largest absolute Gasteiger partial charge is 0.273 e. The minimum atomic E-state index is -3.95. The SMILES string of the molecule is Cc1ccc([N+](=O)[O-])c(C)c1S(=O)(=O)Cl. The smallest absolute Gasteiger partial charge is 0.258 e. The Hall–Kier alpha value is -1.14. The molecular formula is C8H8ClNO4S. The molecule has 0 fully saturated rings. The number of hydrogen-bond acceptors (Lipinski definition) is 4. The van der Waals surface area contributed by atoms with Crippen LogP contribution >= 0.6 is 10.7 Å². The summed E-state index contributed by atoms with van der Waals surface area (Å²) in [6.07, 6.45) is 0. The lowest BCUT2D eigenvalue weighted by Gasteiger charge is -2.05. The highest BCUT2D eigenvalue weighted by Crippen LogP contribution is 2.30. The highest BCUT2D eigenvalue weighted by Gasteiger charge is 2.23. The van der Waals surface area contributed by atoms with E-state index >= 15 is 0 Å². The molecule has 0 bridgehead atoms. The summed E-state index contributed by atoms with van der Waals surface area (Å²) in [6.45, 7) is 2.90. The van der Waals surface area contributed by atoms with Crippen LogP contribution in [0.25, 0.3) is 0 Å². The molecule has 0 aliphatic rings. The molecular weight excluding hydrogens is 242 g/mol. The maximum atomic E-state index is 11.2. The van der Waals surface area contributed by atoms with Gasteiger partial charge in [0.25, 0.3) is 14.7 Å². The molecule has 0 N–H and O–H groups in total. The number of aryl methyl sites for hydroxylation is 1. The van der Waals surface area contributed by atoms with Gasteiger partial charge in [-0.3, -0.25) is 10.1 Å². The number of rotatable bonds is 2. The van der Waals surface area contributed by atoms with Gasteiger partial charge >= 0.3 is 0 Å². The van der Waals surface area contributed by atoms with E-state index in [9.17, 15) is 18.5 Å². The van der Waals surface area contributed by atoms with Crippen LogP contribution in [-0.4, -0.2) is 13.3 Å². The van der Waals surface area contributed by atoms with Crippen molar-refractivity contribution in [3.63, 3.8) is 0 Å². The van der Waals surface area contributed by atoms with E-state index in [1.165, 1.54) is 26.0 Å². The van der Waals surface area contributed by atoms with E-state index in [4.69, 9.17) is 10.7 Å². The van der Waals surface area contributed by atoms with Gasteiger partial charge in [0, 0.05) is 22.3 Å². The van der Waals surface area contributed by atoms with Crippen LogP contribution in [0.1, 0.15) is 11.1 Å². The van der Waals surface area contributed by atoms with E-state index in [-0.39, 0.29) is 16.1 Å². The Balaban J connectivity index is 3.66. The number of nitro benzene ring substituents is 1. The average molecular weight is 250 g/mol. The monoisotopic (exact) mass is 249 g/mol. The summed E-state index contributed by atoms with van der Waals surface area (Å²) in [5.74, 6) is 0. The van der Waals surface area contributed by atoms with Crippen molar-refractivity contribution in [3.05, 3.63) is 33.4 Å². The predicted molar refractivity (Wildman–Crippen MR) is 55.6 cm³/mol. The standard InChI is InChI=1S/C8H8ClNO4S/c1-5-3-4-7(10(11)12)6(2)8(5)15(9,13)14/h3-4H,1-2H3. The number of hydrogen-bond donors (Lipinski definition) is 0. The molecule has 0 radical (unpaired) electrons. The Morgan fingerprint density at radius 2 is 1.87 bits per heavy atom. The van der Waals surface area contributed by atoms with E-state index in [0.29, 0.717) is 5.56 Å². The minimum absolute atomic E-state index is 0.0648. The molecule has 0 saturated heterocycles. The fraction of sp³-hybridized carbons (Fsp3) is 0.250. The number of nitro groups is 1. The third-order valence-corrected chi connectivity index (χ3v) is 3.59. The highest BCUT2D eigenvalue weighted by molar-refractivity contribution is 8.13. The van der Waals surface area contributed by atoms with Crippen LogP contribution in [0.4, 0.5) is 5.69 Å². The van der Waals surface area contributed by atoms with Gasteiger partial charge in [0.15, 0.2) is 0 Å². The summed E-state index contributed by atoms with van der Waals surface area (Å²) in [5.41, 5.74) is 0.211. The third-order valence-electron chi connectivity index (χ3n) is 2.01. The van der Waals surface area contributed by atoms with Gasteiger partial charge in [-0.05, 0) is 19.4 Å². The molecule has 0 aliphatic heterocycles. The molecule has 0 atom stereocenters. The van der Waals surface area contributed by atoms with Crippen LogP contribution in [0.2, 0.25) is 0 Å². The summed E-state index contributed by atoms with van der Waals surface area (Å²) in [4.78, 5) is 9.76. The second-order valence-corrected chi connectivity index (χ2v) is 5.55. The van der Waals surface area contributed by atoms with Crippen molar-refractivity contribution in [1.82, 2.24) is 0 Å². The third kappa shape index (κ3) is 2.27. The van der Waals surface area contributed by atoms with E-state index in [1.54, 1.807) is 0 Å². The molecule has 0 spiro atoms. The van der Waals surface area contributed by atoms with Crippen LogP contribution in [0.3, 0.4) is 0 Å². The number of halogens is 1. The second kappa shape index (κ2) is 3.79. The van der Waals surface area contributed by atoms with Gasteiger partial charge in [0.2, 0.25) is 0 Å². The molecule has 1 aromatic carbocycles. The molecule has 1 rings (SSSR count). The van der Waals surface area contributed by atoms with E-state index < -0.39 is 14.0 Å². The maximum absolute atomic E-state index is 11.2. The van der Waals surface area contributed by atoms with Crippen LogP contribution in [0.15, 0.2) is 17.0 Å². The fourth-order valence-corrected chi connectivity index (χ4v) is 3.02. The lowest BCUT2D eigenvalue weighted by molar-refractivity contribution is -0.385. The zero-order valence-corrected chi connectivity index (χ0v) is 9.59. The molecule has 0 saturated carbocycles. The van der Waals surface area contributed by atoms with Crippen molar-refractivity contribution in [2.24, 2.45) is 0 Å². The zero-order valence-electron chi connectivity index (χ0n) is 8.02. The molecule has 0 heterocycles. The first kappa shape index (κ1) is 11.9. The summed E-state index contributed by atoms with van der Waals surface area (Å²) < 4.78 is 22.4. The minimum Gasteiger partial charge on any atom is -0.258 e. The van der Waals surface area contributed by atoms with Gasteiger partial charge in [0.05, 0.1) is 9.82 Å². The Morgan fingerprint density at radius 3 is 2.27 bits per heavy atom. The molecule has 7 heteroatoms. The van der Waals surface area contributed by atoms with E-state index in [2.05, 4.69) is 0 Å². The molecule has 0 amide bonds. The molecule has 0 unspecified atom stereocenters. The van der Waals surface area contributed by atoms with Gasteiger partial charge < -0.3 is 0 Å². The summed E-state index contributed by atoms with van der Waals surface area (Å²) in [5, 5.41) is 10.6. The van der Waals surface area contributed by atoms with Gasteiger partial charge in [-0.2, -0.15) is 0 Å². The van der Waals surface area contributed by atoms with Crippen LogP contribution in [-0.2, 0) is 9.05 Å². The first-order valence-corrected chi connectivity index (χ1v) is 6.25. The Bertz CT molecular complexity index is 524. The van der Waals surface area contributed by atoms with Crippen molar-refractivity contribution in [1.29, 1.82) is 0 Å². The lowest BCUT2D eigenvalue weighted by Crippen LogP contribution is -2.02. The van der Waals surface area contributed by atoms with Crippen molar-refractivity contribution in [2.45, 2.75) is 18.7 Å². The van der Waals surface area contributed by atoms with Crippen LogP contribution in [0.5, 0.6) is 0 Å². The Labute approximate surface area is 91.2 Å². The molecule has 0 aliphatic carbocycles. The Kier molecular flexibility index (Phi) is 3.01. The number of nitrogens with zero attached hydrogens (tertiary/aromatic N) is 1. The summed E-state index contributed by atoms with van der Waals surface area (Å²) in [7, 11) is 1.24. The molecule has 1 aromatic rings. The van der Waals surface area contributed by atoms with Crippen molar-refractivity contribution in [2.75, 3.05) is 0 Å². The zero-order chi connectivity index (χ0) is 11.8. The molecule has 15 heavy (non-hydrogen) atoms.